The zero-order valence-electron chi connectivity index (χ0n) is 31.9. The Bertz CT molecular complexity index is 1470. The minimum absolute atomic E-state index is 0.0677. The van der Waals surface area contributed by atoms with E-state index in [4.69, 9.17) is 5.73 Å². The number of carbonyl (C=O) groups is 1. The molecule has 0 aliphatic heterocycles. The number of rotatable bonds is 21. The van der Waals surface area contributed by atoms with Crippen LogP contribution in [0.15, 0.2) is 97.1 Å². The predicted molar refractivity (Wildman–Crippen MR) is 216 cm³/mol. The Morgan fingerprint density at radius 2 is 1.52 bits per heavy atom. The van der Waals surface area contributed by atoms with Gasteiger partial charge < -0.3 is 15.9 Å². The van der Waals surface area contributed by atoms with E-state index in [-0.39, 0.29) is 23.7 Å². The van der Waals surface area contributed by atoms with Crippen molar-refractivity contribution in [3.63, 3.8) is 0 Å². The van der Waals surface area contributed by atoms with E-state index >= 15 is 0 Å². The number of carboxylic acid groups (broad SMARTS) is 1. The molecule has 5 atom stereocenters. The molecule has 0 bridgehead atoms. The van der Waals surface area contributed by atoms with Crippen molar-refractivity contribution in [3.8, 4) is 5.75 Å². The van der Waals surface area contributed by atoms with Crippen LogP contribution < -0.4 is 5.73 Å². The molecule has 0 radical (unpaired) electrons. The molecule has 0 spiro atoms. The Labute approximate surface area is 315 Å². The third kappa shape index (κ3) is 12.9. The van der Waals surface area contributed by atoms with Gasteiger partial charge in [-0.3, -0.25) is 4.79 Å². The van der Waals surface area contributed by atoms with E-state index in [1.54, 1.807) is 6.07 Å². The zero-order valence-corrected chi connectivity index (χ0v) is 31.9. The van der Waals surface area contributed by atoms with Crippen LogP contribution in [0.3, 0.4) is 0 Å². The van der Waals surface area contributed by atoms with E-state index in [1.807, 2.05) is 12.1 Å². The largest absolute Gasteiger partial charge is 0.508 e. The van der Waals surface area contributed by atoms with E-state index < -0.39 is 5.97 Å². The first-order valence-corrected chi connectivity index (χ1v) is 20.9. The fourth-order valence-corrected chi connectivity index (χ4v) is 10.1. The number of carboxylic acids is 1. The molecule has 0 amide bonds. The average molecular weight is 706 g/mol. The molecule has 5 rings (SSSR count). The summed E-state index contributed by atoms with van der Waals surface area (Å²) in [6.45, 7) is 0.592. The van der Waals surface area contributed by atoms with Crippen molar-refractivity contribution in [1.29, 1.82) is 0 Å². The minimum atomic E-state index is -0.691. The Kier molecular flexibility index (Phi) is 16.4. The van der Waals surface area contributed by atoms with Gasteiger partial charge in [0.1, 0.15) is 5.75 Å². The van der Waals surface area contributed by atoms with E-state index in [9.17, 15) is 15.0 Å². The van der Waals surface area contributed by atoms with Crippen LogP contribution in [0.25, 0.3) is 0 Å². The lowest BCUT2D eigenvalue weighted by Crippen LogP contribution is -2.38. The van der Waals surface area contributed by atoms with Crippen LogP contribution in [0.2, 0.25) is 0 Å². The number of benzene rings is 3. The summed E-state index contributed by atoms with van der Waals surface area (Å²) in [5.74, 6) is 1.96. The summed E-state index contributed by atoms with van der Waals surface area (Å²) in [6, 6.07) is 29.6. The number of hydrogen-bond donors (Lipinski definition) is 3. The Balaban J connectivity index is 1.31. The van der Waals surface area contributed by atoms with Gasteiger partial charge >= 0.3 is 5.97 Å². The SMILES string of the molecule is NCC[C@H](CC[C@@H](C/C=C\CCC1CCCCC1)CCc1ccccc1)[C@H](CC(=O)O)C[C@@]1(c2ccccc2)CCC[C@H](Cc2cccc(O)c2)C1. The highest BCUT2D eigenvalue weighted by molar-refractivity contribution is 5.67. The van der Waals surface area contributed by atoms with Gasteiger partial charge in [-0.05, 0) is 147 Å². The van der Waals surface area contributed by atoms with Gasteiger partial charge in [0.15, 0.2) is 0 Å². The summed E-state index contributed by atoms with van der Waals surface area (Å²) in [5.41, 5.74) is 10.2. The molecule has 3 aromatic carbocycles. The van der Waals surface area contributed by atoms with Crippen LogP contribution in [0.4, 0.5) is 0 Å². The fraction of sp³-hybridized carbons (Fsp3) is 0.562. The maximum Gasteiger partial charge on any atom is 0.303 e. The normalized spacial score (nSPS) is 21.5. The maximum atomic E-state index is 12.6. The number of aryl methyl sites for hydroxylation is 1. The smallest absolute Gasteiger partial charge is 0.303 e. The second kappa shape index (κ2) is 21.4. The van der Waals surface area contributed by atoms with Crippen LogP contribution in [-0.2, 0) is 23.1 Å². The third-order valence-electron chi connectivity index (χ3n) is 12.8. The first-order chi connectivity index (χ1) is 25.4. The van der Waals surface area contributed by atoms with Crippen molar-refractivity contribution < 1.29 is 15.0 Å². The second-order valence-electron chi connectivity index (χ2n) is 16.6. The lowest BCUT2D eigenvalue weighted by Gasteiger charge is -2.45. The van der Waals surface area contributed by atoms with Gasteiger partial charge in [0, 0.05) is 6.42 Å². The summed E-state index contributed by atoms with van der Waals surface area (Å²) >= 11 is 0. The number of nitrogens with two attached hydrogens (primary N) is 1. The number of aromatic hydroxyl groups is 1. The van der Waals surface area contributed by atoms with Crippen molar-refractivity contribution >= 4 is 5.97 Å². The molecule has 4 nitrogen and oxygen atoms in total. The quantitative estimate of drug-likeness (QED) is 0.0963. The highest BCUT2D eigenvalue weighted by Gasteiger charge is 2.41. The first-order valence-electron chi connectivity index (χ1n) is 20.9. The number of hydrogen-bond acceptors (Lipinski definition) is 3. The van der Waals surface area contributed by atoms with E-state index in [1.165, 1.54) is 61.6 Å². The molecular formula is C48H67NO3. The van der Waals surface area contributed by atoms with Crippen LogP contribution in [0, 0.1) is 29.6 Å². The van der Waals surface area contributed by atoms with E-state index in [0.29, 0.717) is 24.1 Å². The molecular weight excluding hydrogens is 639 g/mol. The van der Waals surface area contributed by atoms with Gasteiger partial charge in [-0.1, -0.05) is 130 Å². The van der Waals surface area contributed by atoms with E-state index in [2.05, 4.69) is 78.9 Å². The van der Waals surface area contributed by atoms with Crippen molar-refractivity contribution in [1.82, 2.24) is 0 Å². The molecule has 4 heteroatoms. The minimum Gasteiger partial charge on any atom is -0.508 e. The monoisotopic (exact) mass is 706 g/mol. The first kappa shape index (κ1) is 39.8. The molecule has 4 N–H and O–H groups in total. The molecule has 2 aliphatic rings. The number of phenols is 1. The molecule has 2 fully saturated rings. The van der Waals surface area contributed by atoms with Gasteiger partial charge in [-0.2, -0.15) is 0 Å². The highest BCUT2D eigenvalue weighted by Crippen LogP contribution is 2.49. The molecule has 282 valence electrons. The Morgan fingerprint density at radius 3 is 2.25 bits per heavy atom. The van der Waals surface area contributed by atoms with Crippen LogP contribution in [0.1, 0.15) is 132 Å². The summed E-state index contributed by atoms with van der Waals surface area (Å²) < 4.78 is 0. The standard InChI is InChI=1S/C48H67NO3/c49-32-30-43(29-28-40(27-26-39-18-8-3-9-19-39)20-10-2-7-17-38-15-5-1-6-16-38)44(35-47(51)52)37-48(45-23-11-4-12-24-45)31-14-22-42(36-48)33-41-21-13-25-46(50)34-41/h2-4,8-13,18-19,21,23-25,34,38,40,42-44,50H,1,5-7,14-17,20,22,26-33,35-37,49H2,(H,51,52)/b10-2-/t40-,42+,43-,44+,48+/m0/s1. The lowest BCUT2D eigenvalue weighted by molar-refractivity contribution is -0.138. The van der Waals surface area contributed by atoms with Gasteiger partial charge in [0.2, 0.25) is 0 Å². The average Bonchev–Trinajstić information content (AvgIpc) is 3.16. The topological polar surface area (TPSA) is 83.6 Å². The van der Waals surface area contributed by atoms with Gasteiger partial charge in [0.25, 0.3) is 0 Å². The van der Waals surface area contributed by atoms with Crippen molar-refractivity contribution in [2.45, 2.75) is 134 Å². The second-order valence-corrected chi connectivity index (χ2v) is 16.6. The summed E-state index contributed by atoms with van der Waals surface area (Å²) in [5, 5.41) is 20.5. The number of allylic oxidation sites excluding steroid dienone is 2. The van der Waals surface area contributed by atoms with Crippen molar-refractivity contribution in [3.05, 3.63) is 114 Å². The maximum absolute atomic E-state index is 12.6. The Hall–Kier alpha value is -3.37. The summed E-state index contributed by atoms with van der Waals surface area (Å²) in [7, 11) is 0. The van der Waals surface area contributed by atoms with Gasteiger partial charge in [-0.15, -0.1) is 0 Å². The Morgan fingerprint density at radius 1 is 0.788 bits per heavy atom. The molecule has 0 heterocycles. The molecule has 2 aliphatic carbocycles. The predicted octanol–water partition coefficient (Wildman–Crippen LogP) is 11.8. The third-order valence-corrected chi connectivity index (χ3v) is 12.8. The molecule has 0 unspecified atom stereocenters. The van der Waals surface area contributed by atoms with Crippen molar-refractivity contribution in [2.75, 3.05) is 6.54 Å². The lowest BCUT2D eigenvalue weighted by atomic mass is 9.59. The van der Waals surface area contributed by atoms with Crippen LogP contribution in [-0.4, -0.2) is 22.7 Å². The molecule has 0 saturated heterocycles. The van der Waals surface area contributed by atoms with Gasteiger partial charge in [-0.25, -0.2) is 0 Å². The van der Waals surface area contributed by atoms with E-state index in [0.717, 1.165) is 83.0 Å². The van der Waals surface area contributed by atoms with Crippen molar-refractivity contribution in [2.24, 2.45) is 35.3 Å². The molecule has 0 aromatic heterocycles. The summed E-state index contributed by atoms with van der Waals surface area (Å²) in [4.78, 5) is 12.6. The molecule has 2 saturated carbocycles. The molecule has 52 heavy (non-hydrogen) atoms. The van der Waals surface area contributed by atoms with Crippen LogP contribution >= 0.6 is 0 Å². The number of aliphatic carboxylic acids is 1. The zero-order chi connectivity index (χ0) is 36.4. The van der Waals surface area contributed by atoms with Crippen LogP contribution in [0.5, 0.6) is 5.75 Å². The number of phenolic OH excluding ortho intramolecular Hbond substituents is 1. The highest BCUT2D eigenvalue weighted by atomic mass is 16.4. The fourth-order valence-electron chi connectivity index (χ4n) is 10.1. The van der Waals surface area contributed by atoms with Gasteiger partial charge in [0.05, 0.1) is 0 Å². The summed E-state index contributed by atoms with van der Waals surface area (Å²) in [6.07, 6.45) is 27.3. The molecule has 3 aromatic rings.